The van der Waals surface area contributed by atoms with Crippen LogP contribution in [0.2, 0.25) is 0 Å². The van der Waals surface area contributed by atoms with E-state index in [4.69, 9.17) is 0 Å². The Labute approximate surface area is 449 Å². The third-order valence-corrected chi connectivity index (χ3v) is 18.2. The molecule has 0 aromatic heterocycles. The third kappa shape index (κ3) is 6.71. The van der Waals surface area contributed by atoms with Crippen LogP contribution in [-0.2, 0) is 16.2 Å². The van der Waals surface area contributed by atoms with Crippen LogP contribution in [0.1, 0.15) is 102 Å². The molecule has 1 heteroatoms. The molecule has 9 aromatic rings. The first kappa shape index (κ1) is 46.0. The second kappa shape index (κ2) is 18.4. The Morgan fingerprint density at radius 1 is 0.461 bits per heavy atom. The number of hydrogen-bond donors (Lipinski definition) is 0. The zero-order valence-corrected chi connectivity index (χ0v) is 43.5. The van der Waals surface area contributed by atoms with E-state index in [1.54, 1.807) is 0 Å². The molecule has 0 saturated carbocycles. The Morgan fingerprint density at radius 3 is 1.64 bits per heavy atom. The maximum Gasteiger partial charge on any atom is 0.0676 e. The standard InChI is InChI=1S/C75H61N/c1-3-73(4-2)69-49-52(41-43-53-25-24-40-68-72(53)65-37-21-23-39-67(65)74(68,54-26-10-5-11-27-54)55-28-12-6-13-29-55)42-46-62(69)63-47-44-59(50-70(63)73)76(58-34-18-9-19-35-58)60-45-48-64-61-36-20-22-38-66(61)75(71(64)51-60,56-30-14-7-15-31-56)57-32-16-8-17-33-57/h5-23,25-32,34-39,41-51,57H,3-4,24,33,40H2,1-2H3/b43-41+. The van der Waals surface area contributed by atoms with E-state index in [0.29, 0.717) is 0 Å². The zero-order chi connectivity index (χ0) is 50.8. The molecule has 2 atom stereocenters. The predicted octanol–water partition coefficient (Wildman–Crippen LogP) is 19.2. The van der Waals surface area contributed by atoms with Crippen LogP contribution in [0.5, 0.6) is 0 Å². The SMILES string of the molecule is CCC1(CC)c2cc(/C=C/C3=CCCC4=C3c3ccccc3C4(c3ccccc3)c3ccccc3)ccc2-c2ccc(N(c3ccccc3)c3ccc4c(c3)C(c3ccccc3)(C3C=CC=CC3)c3ccccc3-4)cc21. The molecule has 0 heterocycles. The summed E-state index contributed by atoms with van der Waals surface area (Å²) in [4.78, 5) is 2.51. The second-order valence-electron chi connectivity index (χ2n) is 21.5. The zero-order valence-electron chi connectivity index (χ0n) is 43.5. The minimum Gasteiger partial charge on any atom is -0.310 e. The molecule has 0 amide bonds. The second-order valence-corrected chi connectivity index (χ2v) is 21.5. The van der Waals surface area contributed by atoms with Crippen LogP contribution in [0, 0.1) is 5.92 Å². The fourth-order valence-corrected chi connectivity index (χ4v) is 14.9. The normalized spacial score (nSPS) is 18.9. The van der Waals surface area contributed by atoms with Gasteiger partial charge < -0.3 is 4.90 Å². The molecule has 0 aliphatic heterocycles. The van der Waals surface area contributed by atoms with Crippen molar-refractivity contribution in [1.29, 1.82) is 0 Å². The molecule has 14 rings (SSSR count). The van der Waals surface area contributed by atoms with E-state index in [1.165, 1.54) is 106 Å². The number of nitrogens with zero attached hydrogens (tertiary/aromatic N) is 1. The van der Waals surface area contributed by atoms with Gasteiger partial charge in [-0.1, -0.05) is 244 Å². The Kier molecular flexibility index (Phi) is 11.1. The molecule has 5 aliphatic carbocycles. The van der Waals surface area contributed by atoms with E-state index >= 15 is 0 Å². The van der Waals surface area contributed by atoms with E-state index < -0.39 is 0 Å². The van der Waals surface area contributed by atoms with Gasteiger partial charge in [0.25, 0.3) is 0 Å². The van der Waals surface area contributed by atoms with Crippen LogP contribution in [0.25, 0.3) is 33.9 Å². The van der Waals surface area contributed by atoms with Crippen LogP contribution in [0.15, 0.2) is 272 Å². The first-order valence-corrected chi connectivity index (χ1v) is 27.7. The van der Waals surface area contributed by atoms with Crippen molar-refractivity contribution in [2.45, 2.75) is 62.2 Å². The lowest BCUT2D eigenvalue weighted by Gasteiger charge is -2.40. The van der Waals surface area contributed by atoms with Crippen molar-refractivity contribution < 1.29 is 0 Å². The van der Waals surface area contributed by atoms with Crippen LogP contribution in [0.3, 0.4) is 0 Å². The monoisotopic (exact) mass is 975 g/mol. The summed E-state index contributed by atoms with van der Waals surface area (Å²) in [5.41, 5.74) is 25.8. The number of anilines is 3. The molecular weight excluding hydrogens is 915 g/mol. The van der Waals surface area contributed by atoms with Gasteiger partial charge in [-0.05, 0) is 169 Å². The van der Waals surface area contributed by atoms with Gasteiger partial charge in [-0.3, -0.25) is 0 Å². The number of allylic oxidation sites excluding steroid dienone is 9. The molecule has 76 heavy (non-hydrogen) atoms. The van der Waals surface area contributed by atoms with Gasteiger partial charge in [0.1, 0.15) is 0 Å². The van der Waals surface area contributed by atoms with E-state index in [9.17, 15) is 0 Å². The molecule has 0 spiro atoms. The maximum absolute atomic E-state index is 2.54. The lowest BCUT2D eigenvalue weighted by Crippen LogP contribution is -2.35. The fourth-order valence-electron chi connectivity index (χ4n) is 14.9. The highest BCUT2D eigenvalue weighted by atomic mass is 15.1. The van der Waals surface area contributed by atoms with Crippen LogP contribution >= 0.6 is 0 Å². The van der Waals surface area contributed by atoms with Crippen LogP contribution in [-0.4, -0.2) is 0 Å². The fraction of sp³-hybridized carbons (Fsp3) is 0.147. The van der Waals surface area contributed by atoms with Gasteiger partial charge in [-0.2, -0.15) is 0 Å². The van der Waals surface area contributed by atoms with Crippen molar-refractivity contribution in [2.75, 3.05) is 4.90 Å². The lowest BCUT2D eigenvalue weighted by atomic mass is 9.62. The summed E-state index contributed by atoms with van der Waals surface area (Å²) in [5, 5.41) is 0. The van der Waals surface area contributed by atoms with Crippen molar-refractivity contribution in [3.05, 3.63) is 328 Å². The molecule has 0 bridgehead atoms. The van der Waals surface area contributed by atoms with Crippen molar-refractivity contribution in [1.82, 2.24) is 0 Å². The molecule has 2 unspecified atom stereocenters. The molecule has 9 aromatic carbocycles. The van der Waals surface area contributed by atoms with Gasteiger partial charge in [0.15, 0.2) is 0 Å². The highest BCUT2D eigenvalue weighted by Gasteiger charge is 2.51. The molecule has 0 N–H and O–H groups in total. The first-order valence-electron chi connectivity index (χ1n) is 27.7. The highest BCUT2D eigenvalue weighted by Crippen LogP contribution is 2.61. The van der Waals surface area contributed by atoms with Crippen LogP contribution < -0.4 is 4.90 Å². The smallest absolute Gasteiger partial charge is 0.0676 e. The average Bonchev–Trinajstić information content (AvgIpc) is 4.29. The van der Waals surface area contributed by atoms with E-state index in [0.717, 1.165) is 37.8 Å². The topological polar surface area (TPSA) is 3.24 Å². The number of para-hydroxylation sites is 1. The molecule has 0 radical (unpaired) electrons. The first-order chi connectivity index (χ1) is 37.6. The number of fused-ring (bicyclic) bond motifs is 8. The van der Waals surface area contributed by atoms with Crippen molar-refractivity contribution in [3.63, 3.8) is 0 Å². The van der Waals surface area contributed by atoms with Crippen molar-refractivity contribution in [2.24, 2.45) is 5.92 Å². The Bertz CT molecular complexity index is 3830. The minimum absolute atomic E-state index is 0.148. The van der Waals surface area contributed by atoms with Gasteiger partial charge >= 0.3 is 0 Å². The Balaban J connectivity index is 0.863. The van der Waals surface area contributed by atoms with Gasteiger partial charge in [0, 0.05) is 22.5 Å². The molecule has 366 valence electrons. The summed E-state index contributed by atoms with van der Waals surface area (Å²) >= 11 is 0. The van der Waals surface area contributed by atoms with Gasteiger partial charge in [-0.15, -0.1) is 0 Å². The molecule has 0 saturated heterocycles. The van der Waals surface area contributed by atoms with Gasteiger partial charge in [-0.25, -0.2) is 0 Å². The summed E-state index contributed by atoms with van der Waals surface area (Å²) in [6, 6.07) is 85.0. The molecular formula is C75H61N. The average molecular weight is 976 g/mol. The largest absolute Gasteiger partial charge is 0.310 e. The Hall–Kier alpha value is -8.52. The van der Waals surface area contributed by atoms with Crippen LogP contribution in [0.4, 0.5) is 17.1 Å². The summed E-state index contributed by atoms with van der Waals surface area (Å²) in [5.74, 6) is 0.253. The van der Waals surface area contributed by atoms with E-state index in [1.807, 2.05) is 0 Å². The van der Waals surface area contributed by atoms with E-state index in [-0.39, 0.29) is 22.2 Å². The highest BCUT2D eigenvalue weighted by molar-refractivity contribution is 5.96. The van der Waals surface area contributed by atoms with Crippen molar-refractivity contribution in [3.8, 4) is 22.3 Å². The molecule has 0 fully saturated rings. The lowest BCUT2D eigenvalue weighted by molar-refractivity contribution is 0.457. The minimum atomic E-state index is -0.360. The quantitative estimate of drug-likeness (QED) is 0.125. The van der Waals surface area contributed by atoms with Crippen molar-refractivity contribution >= 4 is 28.7 Å². The van der Waals surface area contributed by atoms with E-state index in [2.05, 4.69) is 286 Å². The van der Waals surface area contributed by atoms with Gasteiger partial charge in [0.2, 0.25) is 0 Å². The number of hydrogen-bond acceptors (Lipinski definition) is 1. The summed E-state index contributed by atoms with van der Waals surface area (Å²) in [6.45, 7) is 4.79. The Morgan fingerprint density at radius 2 is 1.00 bits per heavy atom. The number of benzene rings is 9. The van der Waals surface area contributed by atoms with Gasteiger partial charge in [0.05, 0.1) is 10.8 Å². The molecule has 5 aliphatic rings. The summed E-state index contributed by atoms with van der Waals surface area (Å²) in [7, 11) is 0. The molecule has 1 nitrogen and oxygen atoms in total. The number of rotatable bonds is 11. The summed E-state index contributed by atoms with van der Waals surface area (Å²) < 4.78 is 0. The maximum atomic E-state index is 2.54. The third-order valence-electron chi connectivity index (χ3n) is 18.2. The predicted molar refractivity (Wildman–Crippen MR) is 319 cm³/mol. The summed E-state index contributed by atoms with van der Waals surface area (Å²) in [6.07, 6.45) is 21.6.